The van der Waals surface area contributed by atoms with Crippen molar-refractivity contribution in [2.75, 3.05) is 0 Å². The van der Waals surface area contributed by atoms with Gasteiger partial charge in [-0.15, -0.1) is 0 Å². The first kappa shape index (κ1) is 13.2. The number of benzene rings is 1. The Balaban J connectivity index is 0.00000112. The summed E-state index contributed by atoms with van der Waals surface area (Å²) in [4.78, 5) is 0.356. The van der Waals surface area contributed by atoms with Gasteiger partial charge in [0.15, 0.2) is 0 Å². The van der Waals surface area contributed by atoms with Gasteiger partial charge in [0.2, 0.25) is 10.0 Å². The van der Waals surface area contributed by atoms with E-state index in [1.54, 1.807) is 12.1 Å². The van der Waals surface area contributed by atoms with Gasteiger partial charge in [-0.05, 0) is 31.9 Å². The van der Waals surface area contributed by atoms with Crippen LogP contribution in [0.25, 0.3) is 0 Å². The molecule has 1 saturated carbocycles. The van der Waals surface area contributed by atoms with Crippen LogP contribution in [0.1, 0.15) is 18.4 Å². The molecule has 1 aromatic rings. The van der Waals surface area contributed by atoms with Gasteiger partial charge in [0.1, 0.15) is 0 Å². The van der Waals surface area contributed by atoms with Crippen molar-refractivity contribution in [3.63, 3.8) is 0 Å². The average Bonchev–Trinajstić information content (AvgIpc) is 2.88. The van der Waals surface area contributed by atoms with E-state index in [-0.39, 0.29) is 35.6 Å². The summed E-state index contributed by atoms with van der Waals surface area (Å²) < 4.78 is 26.0. The Labute approximate surface area is 113 Å². The maximum Gasteiger partial charge on any atom is 1.00 e. The Hall–Kier alpha value is 0.130. The molecule has 0 spiro atoms. The summed E-state index contributed by atoms with van der Waals surface area (Å²) in [7, 11) is -3.26. The molecule has 1 aromatic carbocycles. The number of rotatable bonds is 3. The van der Waals surface area contributed by atoms with Gasteiger partial charge in [-0.3, -0.25) is 0 Å². The monoisotopic (exact) mass is 234 g/mol. The molecule has 0 amide bonds. The van der Waals surface area contributed by atoms with Crippen LogP contribution in [0.3, 0.4) is 0 Å². The van der Waals surface area contributed by atoms with Crippen LogP contribution in [0.15, 0.2) is 29.2 Å². The summed E-state index contributed by atoms with van der Waals surface area (Å²) in [5.74, 6) is 0. The Kier molecular flexibility index (Phi) is 4.38. The van der Waals surface area contributed by atoms with Crippen molar-refractivity contribution in [3.05, 3.63) is 29.8 Å². The zero-order valence-electron chi connectivity index (χ0n) is 9.03. The maximum absolute atomic E-state index is 11.7. The smallest absolute Gasteiger partial charge is 0.208 e. The summed E-state index contributed by atoms with van der Waals surface area (Å²) in [6.07, 6.45) is 1.93. The Morgan fingerprint density at radius 2 is 1.73 bits per heavy atom. The van der Waals surface area contributed by atoms with Gasteiger partial charge in [0, 0.05) is 6.04 Å². The van der Waals surface area contributed by atoms with E-state index < -0.39 is 10.0 Å². The molecule has 1 fully saturated rings. The molecule has 2 rings (SSSR count). The third kappa shape index (κ3) is 3.57. The molecular weight excluding hydrogens is 221 g/mol. The maximum atomic E-state index is 11.7. The van der Waals surface area contributed by atoms with Crippen LogP contribution in [-0.2, 0) is 10.0 Å². The minimum absolute atomic E-state index is 0. The second-order valence-corrected chi connectivity index (χ2v) is 5.42. The zero-order valence-corrected chi connectivity index (χ0v) is 11.8. The molecule has 1 N–H and O–H groups in total. The first-order chi connectivity index (χ1) is 6.58. The van der Waals surface area contributed by atoms with Crippen LogP contribution in [0.2, 0.25) is 0 Å². The Morgan fingerprint density at radius 3 is 2.20 bits per heavy atom. The fraction of sp³-hybridized carbons (Fsp3) is 0.400. The van der Waals surface area contributed by atoms with Crippen molar-refractivity contribution in [3.8, 4) is 0 Å². The predicted octanol–water partition coefficient (Wildman–Crippen LogP) is -1.56. The molecule has 76 valence electrons. The molecule has 5 heteroatoms. The first-order valence-electron chi connectivity index (χ1n) is 4.67. The Bertz CT molecular complexity index is 423. The van der Waals surface area contributed by atoms with Gasteiger partial charge >= 0.3 is 29.6 Å². The van der Waals surface area contributed by atoms with E-state index in [9.17, 15) is 8.42 Å². The van der Waals surface area contributed by atoms with Crippen LogP contribution in [-0.4, -0.2) is 14.5 Å². The molecule has 1 aliphatic rings. The predicted molar refractivity (Wildman–Crippen MR) is 54.5 cm³/mol. The summed E-state index contributed by atoms with van der Waals surface area (Å²) in [6, 6.07) is 7.06. The van der Waals surface area contributed by atoms with Crippen LogP contribution in [0, 0.1) is 6.92 Å². The Morgan fingerprint density at radius 1 is 1.20 bits per heavy atom. The van der Waals surface area contributed by atoms with Crippen LogP contribution < -0.4 is 34.3 Å². The minimum Gasteiger partial charge on any atom is -0.208 e. The van der Waals surface area contributed by atoms with Crippen molar-refractivity contribution < 1.29 is 38.0 Å². The number of hydrogen-bond donors (Lipinski definition) is 1. The van der Waals surface area contributed by atoms with E-state index in [4.69, 9.17) is 0 Å². The van der Waals surface area contributed by atoms with Gasteiger partial charge in [0.05, 0.1) is 4.90 Å². The molecular formula is C10H13NNaO2S+. The molecule has 0 aliphatic heterocycles. The summed E-state index contributed by atoms with van der Waals surface area (Å²) in [6.45, 7) is 1.94. The van der Waals surface area contributed by atoms with Gasteiger partial charge in [-0.2, -0.15) is 0 Å². The van der Waals surface area contributed by atoms with E-state index in [0.29, 0.717) is 4.90 Å². The second kappa shape index (κ2) is 4.97. The van der Waals surface area contributed by atoms with E-state index in [1.807, 2.05) is 19.1 Å². The topological polar surface area (TPSA) is 46.2 Å². The number of sulfonamides is 1. The molecule has 3 nitrogen and oxygen atoms in total. The van der Waals surface area contributed by atoms with E-state index >= 15 is 0 Å². The zero-order chi connectivity index (χ0) is 10.2. The molecule has 15 heavy (non-hydrogen) atoms. The average molecular weight is 234 g/mol. The third-order valence-corrected chi connectivity index (χ3v) is 3.77. The molecule has 0 unspecified atom stereocenters. The quantitative estimate of drug-likeness (QED) is 0.643. The molecule has 0 aromatic heterocycles. The molecule has 0 saturated heterocycles. The largest absolute Gasteiger partial charge is 1.00 e. The van der Waals surface area contributed by atoms with E-state index in [2.05, 4.69) is 4.72 Å². The van der Waals surface area contributed by atoms with Crippen molar-refractivity contribution in [2.24, 2.45) is 0 Å². The van der Waals surface area contributed by atoms with Gasteiger partial charge in [-0.1, -0.05) is 17.7 Å². The summed E-state index contributed by atoms with van der Waals surface area (Å²) >= 11 is 0. The number of nitrogens with one attached hydrogen (secondary N) is 1. The van der Waals surface area contributed by atoms with Crippen molar-refractivity contribution in [1.29, 1.82) is 0 Å². The molecule has 0 heterocycles. The van der Waals surface area contributed by atoms with Gasteiger partial charge in [0.25, 0.3) is 0 Å². The first-order valence-corrected chi connectivity index (χ1v) is 6.15. The molecule has 0 bridgehead atoms. The second-order valence-electron chi connectivity index (χ2n) is 3.71. The summed E-state index contributed by atoms with van der Waals surface area (Å²) in [5, 5.41) is 0. The van der Waals surface area contributed by atoms with Crippen molar-refractivity contribution in [1.82, 2.24) is 4.72 Å². The third-order valence-electron chi connectivity index (χ3n) is 2.23. The van der Waals surface area contributed by atoms with Crippen molar-refractivity contribution in [2.45, 2.75) is 30.7 Å². The number of hydrogen-bond acceptors (Lipinski definition) is 2. The van der Waals surface area contributed by atoms with Crippen LogP contribution in [0.5, 0.6) is 0 Å². The van der Waals surface area contributed by atoms with Crippen LogP contribution in [0.4, 0.5) is 0 Å². The normalized spacial score (nSPS) is 15.8. The SMILES string of the molecule is Cc1ccc(S(=O)(=O)NC2CC2)cc1.[Na+]. The fourth-order valence-electron chi connectivity index (χ4n) is 1.21. The minimum atomic E-state index is -3.26. The summed E-state index contributed by atoms with van der Waals surface area (Å²) in [5.41, 5.74) is 1.07. The fourth-order valence-corrected chi connectivity index (χ4v) is 2.51. The molecule has 0 radical (unpaired) electrons. The molecule has 1 aliphatic carbocycles. The van der Waals surface area contributed by atoms with Gasteiger partial charge in [-0.25, -0.2) is 13.1 Å². The number of aryl methyl sites for hydroxylation is 1. The van der Waals surface area contributed by atoms with Crippen LogP contribution >= 0.6 is 0 Å². The van der Waals surface area contributed by atoms with Crippen molar-refractivity contribution >= 4 is 10.0 Å². The van der Waals surface area contributed by atoms with E-state index in [0.717, 1.165) is 18.4 Å². The molecule has 0 atom stereocenters. The van der Waals surface area contributed by atoms with Gasteiger partial charge < -0.3 is 0 Å². The van der Waals surface area contributed by atoms with E-state index in [1.165, 1.54) is 0 Å². The standard InChI is InChI=1S/C10H13NO2S.Na/c1-8-2-6-10(7-3-8)14(12,13)11-9-4-5-9;/h2-3,6-7,9,11H,4-5H2,1H3;/q;+1.